The molecular formula is C20H24BrN5O. The number of nitrogens with zero attached hydrogens (tertiary/aromatic N) is 4. The molecule has 1 N–H and O–H groups in total. The van der Waals surface area contributed by atoms with Crippen molar-refractivity contribution in [2.45, 2.75) is 33.2 Å². The van der Waals surface area contributed by atoms with E-state index in [2.05, 4.69) is 47.2 Å². The molecule has 4 rings (SSSR count). The number of fused-ring (bicyclic) bond motifs is 1. The van der Waals surface area contributed by atoms with Crippen molar-refractivity contribution in [3.05, 3.63) is 46.3 Å². The Bertz CT molecular complexity index is 914. The summed E-state index contributed by atoms with van der Waals surface area (Å²) in [6.07, 6.45) is 3.96. The first-order valence-corrected chi connectivity index (χ1v) is 10.2. The van der Waals surface area contributed by atoms with Crippen LogP contribution in [-0.4, -0.2) is 39.5 Å². The average Bonchev–Trinajstić information content (AvgIpc) is 2.98. The molecule has 0 saturated carbocycles. The third-order valence-corrected chi connectivity index (χ3v) is 5.79. The van der Waals surface area contributed by atoms with Gasteiger partial charge in [-0.25, -0.2) is 15.0 Å². The zero-order chi connectivity index (χ0) is 18.8. The van der Waals surface area contributed by atoms with Gasteiger partial charge >= 0.3 is 0 Å². The van der Waals surface area contributed by atoms with E-state index >= 15 is 0 Å². The zero-order valence-electron chi connectivity index (χ0n) is 15.7. The van der Waals surface area contributed by atoms with Crippen LogP contribution in [-0.2, 0) is 6.54 Å². The van der Waals surface area contributed by atoms with E-state index < -0.39 is 0 Å². The number of aromatic nitrogens is 3. The van der Waals surface area contributed by atoms with E-state index in [1.165, 1.54) is 12.8 Å². The highest BCUT2D eigenvalue weighted by Crippen LogP contribution is 2.25. The number of likely N-dealkylation sites (tertiary alicyclic amines) is 1. The molecular weight excluding hydrogens is 406 g/mol. The smallest absolute Gasteiger partial charge is 0.208 e. The summed E-state index contributed by atoms with van der Waals surface area (Å²) in [6.45, 7) is 7.85. The van der Waals surface area contributed by atoms with Gasteiger partial charge in [-0.2, -0.15) is 0 Å². The Hall–Kier alpha value is -1.99. The van der Waals surface area contributed by atoms with Gasteiger partial charge in [0.2, 0.25) is 5.89 Å². The third-order valence-electron chi connectivity index (χ3n) is 5.29. The lowest BCUT2D eigenvalue weighted by molar-refractivity contribution is 0.167. The van der Waals surface area contributed by atoms with Crippen molar-refractivity contribution in [2.24, 2.45) is 5.92 Å². The highest BCUT2D eigenvalue weighted by Gasteiger charge is 2.21. The van der Waals surface area contributed by atoms with E-state index in [9.17, 15) is 0 Å². The van der Waals surface area contributed by atoms with Crippen molar-refractivity contribution in [1.29, 1.82) is 0 Å². The normalized spacial score (nSPS) is 16.1. The minimum absolute atomic E-state index is 0.645. The fraction of sp³-hybridized carbons (Fsp3) is 0.450. The zero-order valence-corrected chi connectivity index (χ0v) is 17.3. The van der Waals surface area contributed by atoms with Crippen LogP contribution in [0.5, 0.6) is 0 Å². The summed E-state index contributed by atoms with van der Waals surface area (Å²) in [7, 11) is 0. The Morgan fingerprint density at radius 3 is 2.78 bits per heavy atom. The SMILES string of the molecule is Cc1nc(CN2CCC(CNc3ncnc4ccc(Br)cc34)CC2)oc1C. The van der Waals surface area contributed by atoms with Gasteiger partial charge in [0.1, 0.15) is 17.9 Å². The van der Waals surface area contributed by atoms with Crippen molar-refractivity contribution < 1.29 is 4.42 Å². The second kappa shape index (κ2) is 7.94. The standard InChI is InChI=1S/C20H24BrN5O/c1-13-14(2)27-19(25-13)11-26-7-5-15(6-8-26)10-22-20-17-9-16(21)3-4-18(17)23-12-24-20/h3-4,9,12,15H,5-8,10-11H2,1-2H3,(H,22,23,24). The van der Waals surface area contributed by atoms with E-state index in [-0.39, 0.29) is 0 Å². The van der Waals surface area contributed by atoms with Gasteiger partial charge in [-0.05, 0) is 63.9 Å². The summed E-state index contributed by atoms with van der Waals surface area (Å²) in [6, 6.07) is 6.09. The van der Waals surface area contributed by atoms with Crippen LogP contribution in [0, 0.1) is 19.8 Å². The highest BCUT2D eigenvalue weighted by atomic mass is 79.9. The van der Waals surface area contributed by atoms with Crippen LogP contribution in [0.25, 0.3) is 10.9 Å². The van der Waals surface area contributed by atoms with Crippen LogP contribution in [0.4, 0.5) is 5.82 Å². The molecule has 0 aliphatic carbocycles. The monoisotopic (exact) mass is 429 g/mol. The summed E-state index contributed by atoms with van der Waals surface area (Å²) >= 11 is 3.53. The first-order chi connectivity index (χ1) is 13.1. The van der Waals surface area contributed by atoms with Gasteiger partial charge in [-0.15, -0.1) is 0 Å². The molecule has 6 nitrogen and oxygen atoms in total. The number of hydrogen-bond donors (Lipinski definition) is 1. The second-order valence-corrected chi connectivity index (χ2v) is 8.15. The first kappa shape index (κ1) is 18.4. The Morgan fingerprint density at radius 2 is 2.04 bits per heavy atom. The molecule has 1 saturated heterocycles. The molecule has 7 heteroatoms. The molecule has 3 heterocycles. The van der Waals surface area contributed by atoms with E-state index in [1.54, 1.807) is 6.33 Å². The van der Waals surface area contributed by atoms with Gasteiger partial charge in [-0.1, -0.05) is 15.9 Å². The fourth-order valence-electron chi connectivity index (χ4n) is 3.56. The van der Waals surface area contributed by atoms with Gasteiger partial charge in [-0.3, -0.25) is 4.90 Å². The maximum absolute atomic E-state index is 5.72. The lowest BCUT2D eigenvalue weighted by Crippen LogP contribution is -2.35. The minimum Gasteiger partial charge on any atom is -0.444 e. The number of aryl methyl sites for hydroxylation is 2. The lowest BCUT2D eigenvalue weighted by atomic mass is 9.97. The number of anilines is 1. The largest absolute Gasteiger partial charge is 0.444 e. The van der Waals surface area contributed by atoms with E-state index in [0.717, 1.165) is 64.7 Å². The van der Waals surface area contributed by atoms with Crippen LogP contribution in [0.2, 0.25) is 0 Å². The van der Waals surface area contributed by atoms with Crippen LogP contribution >= 0.6 is 15.9 Å². The number of nitrogens with one attached hydrogen (secondary N) is 1. The summed E-state index contributed by atoms with van der Waals surface area (Å²) in [5.41, 5.74) is 1.95. The number of piperidine rings is 1. The minimum atomic E-state index is 0.645. The molecule has 0 radical (unpaired) electrons. The molecule has 0 atom stereocenters. The molecule has 0 spiro atoms. The molecule has 2 aromatic heterocycles. The fourth-order valence-corrected chi connectivity index (χ4v) is 3.92. The van der Waals surface area contributed by atoms with Crippen LogP contribution in [0.1, 0.15) is 30.2 Å². The van der Waals surface area contributed by atoms with Gasteiger partial charge in [0.05, 0.1) is 17.8 Å². The summed E-state index contributed by atoms with van der Waals surface area (Å²) < 4.78 is 6.76. The highest BCUT2D eigenvalue weighted by molar-refractivity contribution is 9.10. The van der Waals surface area contributed by atoms with Crippen molar-refractivity contribution in [3.63, 3.8) is 0 Å². The van der Waals surface area contributed by atoms with Crippen LogP contribution in [0.15, 0.2) is 33.4 Å². The molecule has 1 aromatic carbocycles. The van der Waals surface area contributed by atoms with E-state index in [4.69, 9.17) is 4.42 Å². The third kappa shape index (κ3) is 4.30. The van der Waals surface area contributed by atoms with Gasteiger partial charge in [0, 0.05) is 16.4 Å². The summed E-state index contributed by atoms with van der Waals surface area (Å²) in [5, 5.41) is 4.59. The first-order valence-electron chi connectivity index (χ1n) is 9.38. The number of oxazole rings is 1. The molecule has 27 heavy (non-hydrogen) atoms. The molecule has 3 aromatic rings. The number of benzene rings is 1. The van der Waals surface area contributed by atoms with Crippen molar-refractivity contribution >= 4 is 32.7 Å². The van der Waals surface area contributed by atoms with Crippen molar-refractivity contribution in [2.75, 3.05) is 25.0 Å². The molecule has 0 amide bonds. The molecule has 1 aliphatic heterocycles. The Labute approximate surface area is 167 Å². The Morgan fingerprint density at radius 1 is 1.22 bits per heavy atom. The molecule has 1 aliphatic rings. The molecule has 142 valence electrons. The van der Waals surface area contributed by atoms with Gasteiger partial charge < -0.3 is 9.73 Å². The number of rotatable bonds is 5. The van der Waals surface area contributed by atoms with Crippen LogP contribution < -0.4 is 5.32 Å². The molecule has 0 bridgehead atoms. The summed E-state index contributed by atoms with van der Waals surface area (Å²) in [4.78, 5) is 15.7. The van der Waals surface area contributed by atoms with Gasteiger partial charge in [0.15, 0.2) is 0 Å². The second-order valence-electron chi connectivity index (χ2n) is 7.23. The topological polar surface area (TPSA) is 67.1 Å². The number of halogens is 1. The maximum Gasteiger partial charge on any atom is 0.208 e. The van der Waals surface area contributed by atoms with E-state index in [0.29, 0.717) is 5.92 Å². The van der Waals surface area contributed by atoms with E-state index in [1.807, 2.05) is 26.0 Å². The Balaban J connectivity index is 1.31. The summed E-state index contributed by atoms with van der Waals surface area (Å²) in [5.74, 6) is 3.31. The predicted molar refractivity (Wildman–Crippen MR) is 110 cm³/mol. The molecule has 1 fully saturated rings. The maximum atomic E-state index is 5.72. The Kier molecular flexibility index (Phi) is 5.41. The van der Waals surface area contributed by atoms with Crippen molar-refractivity contribution in [3.8, 4) is 0 Å². The quantitative estimate of drug-likeness (QED) is 0.650. The van der Waals surface area contributed by atoms with Crippen molar-refractivity contribution in [1.82, 2.24) is 19.9 Å². The lowest BCUT2D eigenvalue weighted by Gasteiger charge is -2.31. The van der Waals surface area contributed by atoms with Gasteiger partial charge in [0.25, 0.3) is 0 Å². The number of hydrogen-bond acceptors (Lipinski definition) is 6. The molecule has 0 unspecified atom stereocenters. The van der Waals surface area contributed by atoms with Crippen LogP contribution in [0.3, 0.4) is 0 Å². The predicted octanol–water partition coefficient (Wildman–Crippen LogP) is 4.32. The average molecular weight is 430 g/mol.